The standard InChI is InChI=1S/C15H14ClFN4O/c1-8-6-13(14(22)19-9-2-3-9)21-15(18-8)20-10-4-5-12(17)11(16)7-10/h4-7,9H,2-3H2,1H3,(H,19,22)(H,18,20,21). The lowest BCUT2D eigenvalue weighted by Gasteiger charge is -2.09. The van der Waals surface area contributed by atoms with Gasteiger partial charge in [-0.3, -0.25) is 4.79 Å². The molecule has 1 heterocycles. The number of carbonyl (C=O) groups excluding carboxylic acids is 1. The summed E-state index contributed by atoms with van der Waals surface area (Å²) < 4.78 is 13.2. The van der Waals surface area contributed by atoms with Crippen molar-refractivity contribution in [3.63, 3.8) is 0 Å². The van der Waals surface area contributed by atoms with Crippen molar-refractivity contribution in [1.29, 1.82) is 0 Å². The van der Waals surface area contributed by atoms with Crippen molar-refractivity contribution in [2.24, 2.45) is 0 Å². The van der Waals surface area contributed by atoms with Gasteiger partial charge in [-0.25, -0.2) is 14.4 Å². The van der Waals surface area contributed by atoms with Gasteiger partial charge in [-0.05, 0) is 44.0 Å². The average Bonchev–Trinajstić information content (AvgIpc) is 3.26. The Labute approximate surface area is 131 Å². The Hall–Kier alpha value is -2.21. The predicted molar refractivity (Wildman–Crippen MR) is 81.9 cm³/mol. The van der Waals surface area contributed by atoms with Crippen molar-refractivity contribution in [2.45, 2.75) is 25.8 Å². The third-order valence-electron chi connectivity index (χ3n) is 3.18. The Bertz CT molecular complexity index is 733. The van der Waals surface area contributed by atoms with Gasteiger partial charge in [0.05, 0.1) is 5.02 Å². The Balaban J connectivity index is 1.81. The molecule has 0 atom stereocenters. The first-order chi connectivity index (χ1) is 10.5. The van der Waals surface area contributed by atoms with E-state index in [-0.39, 0.29) is 22.9 Å². The van der Waals surface area contributed by atoms with Crippen molar-refractivity contribution in [3.05, 3.63) is 46.5 Å². The van der Waals surface area contributed by atoms with Gasteiger partial charge in [0.1, 0.15) is 11.5 Å². The van der Waals surface area contributed by atoms with Crippen molar-refractivity contribution >= 4 is 29.1 Å². The zero-order valence-electron chi connectivity index (χ0n) is 11.9. The summed E-state index contributed by atoms with van der Waals surface area (Å²) >= 11 is 5.74. The number of halogens is 2. The van der Waals surface area contributed by atoms with Gasteiger partial charge < -0.3 is 10.6 Å². The van der Waals surface area contributed by atoms with Crippen molar-refractivity contribution < 1.29 is 9.18 Å². The summed E-state index contributed by atoms with van der Waals surface area (Å²) in [5.74, 6) is -0.446. The quantitative estimate of drug-likeness (QED) is 0.907. The largest absolute Gasteiger partial charge is 0.348 e. The van der Waals surface area contributed by atoms with Crippen LogP contribution in [0.15, 0.2) is 24.3 Å². The molecule has 22 heavy (non-hydrogen) atoms. The van der Waals surface area contributed by atoms with Gasteiger partial charge in [0.25, 0.3) is 5.91 Å². The van der Waals surface area contributed by atoms with E-state index >= 15 is 0 Å². The SMILES string of the molecule is Cc1cc(C(=O)NC2CC2)nc(Nc2ccc(F)c(Cl)c2)n1. The number of hydrogen-bond donors (Lipinski definition) is 2. The number of aryl methyl sites for hydroxylation is 1. The molecule has 1 aliphatic carbocycles. The molecule has 0 bridgehead atoms. The van der Waals surface area contributed by atoms with Crippen molar-refractivity contribution in [1.82, 2.24) is 15.3 Å². The van der Waals surface area contributed by atoms with Crippen LogP contribution in [0.4, 0.5) is 16.0 Å². The fourth-order valence-electron chi connectivity index (χ4n) is 1.93. The second-order valence-corrected chi connectivity index (χ2v) is 5.63. The first kappa shape index (κ1) is 14.7. The molecule has 0 saturated heterocycles. The normalized spacial score (nSPS) is 13.8. The first-order valence-corrected chi connectivity index (χ1v) is 7.28. The molecule has 5 nitrogen and oxygen atoms in total. The van der Waals surface area contributed by atoms with Gasteiger partial charge in [0, 0.05) is 17.4 Å². The highest BCUT2D eigenvalue weighted by molar-refractivity contribution is 6.31. The summed E-state index contributed by atoms with van der Waals surface area (Å²) in [7, 11) is 0. The molecule has 114 valence electrons. The molecule has 3 rings (SSSR count). The van der Waals surface area contributed by atoms with Gasteiger partial charge in [-0.15, -0.1) is 0 Å². The van der Waals surface area contributed by atoms with Crippen LogP contribution < -0.4 is 10.6 Å². The van der Waals surface area contributed by atoms with Crippen LogP contribution in [-0.2, 0) is 0 Å². The highest BCUT2D eigenvalue weighted by Crippen LogP contribution is 2.22. The minimum atomic E-state index is -0.498. The third-order valence-corrected chi connectivity index (χ3v) is 3.46. The number of carbonyl (C=O) groups is 1. The summed E-state index contributed by atoms with van der Waals surface area (Å²) in [6.45, 7) is 1.78. The molecule has 7 heteroatoms. The average molecular weight is 321 g/mol. The molecule has 0 radical (unpaired) electrons. The van der Waals surface area contributed by atoms with Gasteiger partial charge in [0.2, 0.25) is 5.95 Å². The summed E-state index contributed by atoms with van der Waals surface area (Å²) in [6, 6.07) is 6.10. The number of anilines is 2. The molecule has 1 saturated carbocycles. The maximum absolute atomic E-state index is 13.2. The number of benzene rings is 1. The highest BCUT2D eigenvalue weighted by Gasteiger charge is 2.24. The second kappa shape index (κ2) is 5.88. The van der Waals surface area contributed by atoms with E-state index in [0.717, 1.165) is 12.8 Å². The summed E-state index contributed by atoms with van der Waals surface area (Å²) in [4.78, 5) is 20.5. The van der Waals surface area contributed by atoms with Gasteiger partial charge in [-0.1, -0.05) is 11.6 Å². The highest BCUT2D eigenvalue weighted by atomic mass is 35.5. The summed E-state index contributed by atoms with van der Waals surface area (Å²) in [5.41, 5.74) is 1.51. The van der Waals surface area contributed by atoms with E-state index in [9.17, 15) is 9.18 Å². The Morgan fingerprint density at radius 3 is 2.77 bits per heavy atom. The molecule has 1 amide bonds. The van der Waals surface area contributed by atoms with Gasteiger partial charge >= 0.3 is 0 Å². The molecule has 0 unspecified atom stereocenters. The molecule has 1 aliphatic rings. The fourth-order valence-corrected chi connectivity index (χ4v) is 2.11. The number of aromatic nitrogens is 2. The zero-order chi connectivity index (χ0) is 15.7. The summed E-state index contributed by atoms with van der Waals surface area (Å²) in [6.07, 6.45) is 2.02. The van der Waals surface area contributed by atoms with Crippen LogP contribution >= 0.6 is 11.6 Å². The second-order valence-electron chi connectivity index (χ2n) is 5.22. The van der Waals surface area contributed by atoms with Gasteiger partial charge in [0.15, 0.2) is 0 Å². The molecule has 0 aliphatic heterocycles. The minimum Gasteiger partial charge on any atom is -0.348 e. The number of nitrogens with zero attached hydrogens (tertiary/aromatic N) is 2. The van der Waals surface area contributed by atoms with Gasteiger partial charge in [-0.2, -0.15) is 0 Å². The topological polar surface area (TPSA) is 66.9 Å². The van der Waals surface area contributed by atoms with E-state index in [4.69, 9.17) is 11.6 Å². The van der Waals surface area contributed by atoms with Crippen LogP contribution in [0.2, 0.25) is 5.02 Å². The predicted octanol–water partition coefficient (Wildman–Crippen LogP) is 3.21. The molecular formula is C15H14ClFN4O. The number of hydrogen-bond acceptors (Lipinski definition) is 4. The van der Waals surface area contributed by atoms with E-state index in [1.165, 1.54) is 18.2 Å². The zero-order valence-corrected chi connectivity index (χ0v) is 12.6. The van der Waals surface area contributed by atoms with E-state index in [1.807, 2.05) is 0 Å². The molecule has 1 fully saturated rings. The molecule has 1 aromatic heterocycles. The van der Waals surface area contributed by atoms with Crippen LogP contribution in [0, 0.1) is 12.7 Å². The van der Waals surface area contributed by atoms with Crippen LogP contribution in [0.5, 0.6) is 0 Å². The maximum Gasteiger partial charge on any atom is 0.270 e. The van der Waals surface area contributed by atoms with E-state index < -0.39 is 5.82 Å². The van der Waals surface area contributed by atoms with Crippen LogP contribution in [0.1, 0.15) is 29.0 Å². The lowest BCUT2D eigenvalue weighted by Crippen LogP contribution is -2.26. The smallest absolute Gasteiger partial charge is 0.270 e. The van der Waals surface area contributed by atoms with Crippen molar-refractivity contribution in [3.8, 4) is 0 Å². The van der Waals surface area contributed by atoms with Crippen LogP contribution in [0.3, 0.4) is 0 Å². The molecule has 1 aromatic carbocycles. The molecule has 2 N–H and O–H groups in total. The molecule has 0 spiro atoms. The first-order valence-electron chi connectivity index (χ1n) is 6.90. The maximum atomic E-state index is 13.2. The van der Waals surface area contributed by atoms with E-state index in [0.29, 0.717) is 17.1 Å². The summed E-state index contributed by atoms with van der Waals surface area (Å²) in [5, 5.41) is 5.81. The lowest BCUT2D eigenvalue weighted by atomic mass is 10.3. The minimum absolute atomic E-state index is 0.00403. The fraction of sp³-hybridized carbons (Fsp3) is 0.267. The lowest BCUT2D eigenvalue weighted by molar-refractivity contribution is 0.0946. The Morgan fingerprint density at radius 1 is 1.32 bits per heavy atom. The number of rotatable bonds is 4. The van der Waals surface area contributed by atoms with Crippen LogP contribution in [-0.4, -0.2) is 21.9 Å². The Morgan fingerprint density at radius 2 is 2.09 bits per heavy atom. The van der Waals surface area contributed by atoms with Crippen LogP contribution in [0.25, 0.3) is 0 Å². The third kappa shape index (κ3) is 3.51. The van der Waals surface area contributed by atoms with E-state index in [2.05, 4.69) is 20.6 Å². The molecular weight excluding hydrogens is 307 g/mol. The Kier molecular flexibility index (Phi) is 3.94. The number of amides is 1. The molecule has 2 aromatic rings. The van der Waals surface area contributed by atoms with Crippen molar-refractivity contribution in [2.75, 3.05) is 5.32 Å². The van der Waals surface area contributed by atoms with E-state index in [1.54, 1.807) is 13.0 Å². The number of nitrogens with one attached hydrogen (secondary N) is 2. The monoisotopic (exact) mass is 320 g/mol.